The summed E-state index contributed by atoms with van der Waals surface area (Å²) in [5.41, 5.74) is 8.32. The van der Waals surface area contributed by atoms with Crippen LogP contribution in [0.5, 0.6) is 0 Å². The van der Waals surface area contributed by atoms with Crippen LogP contribution in [0.1, 0.15) is 30.1 Å². The number of hydrogen-bond donors (Lipinski definition) is 1. The smallest absolute Gasteiger partial charge is 0.123 e. The Balaban J connectivity index is 1.70. The number of nitrogen functional groups attached to an aromatic ring is 1. The van der Waals surface area contributed by atoms with Gasteiger partial charge in [-0.15, -0.1) is 0 Å². The lowest BCUT2D eigenvalue weighted by Gasteiger charge is -2.40. The van der Waals surface area contributed by atoms with Crippen LogP contribution >= 0.6 is 0 Å². The van der Waals surface area contributed by atoms with Gasteiger partial charge in [0.1, 0.15) is 5.82 Å². The summed E-state index contributed by atoms with van der Waals surface area (Å²) in [6, 6.07) is 4.43. The molecule has 24 heavy (non-hydrogen) atoms. The van der Waals surface area contributed by atoms with E-state index in [4.69, 9.17) is 5.73 Å². The van der Waals surface area contributed by atoms with E-state index >= 15 is 0 Å². The van der Waals surface area contributed by atoms with E-state index < -0.39 is 0 Å². The topological polar surface area (TPSA) is 63.2 Å². The van der Waals surface area contributed by atoms with E-state index in [0.29, 0.717) is 17.8 Å². The summed E-state index contributed by atoms with van der Waals surface area (Å²) >= 11 is 0. The molecule has 0 aromatic carbocycles. The lowest BCUT2D eigenvalue weighted by atomic mass is 9.87. The summed E-state index contributed by atoms with van der Waals surface area (Å²) in [5.74, 6) is 1.19. The van der Waals surface area contributed by atoms with Crippen molar-refractivity contribution < 1.29 is 0 Å². The SMILES string of the molecule is CN(Cc1ccnc(N)c1)C[C@@H]1CCCN(C)[C@H]1c1cncn1C. The number of hydrogen-bond acceptors (Lipinski definition) is 5. The Bertz CT molecular complexity index is 667. The monoisotopic (exact) mass is 328 g/mol. The molecule has 0 aliphatic carbocycles. The second-order valence-corrected chi connectivity index (χ2v) is 7.04. The van der Waals surface area contributed by atoms with Crippen molar-refractivity contribution in [2.24, 2.45) is 13.0 Å². The van der Waals surface area contributed by atoms with Crippen molar-refractivity contribution in [2.75, 3.05) is 32.9 Å². The van der Waals surface area contributed by atoms with Crippen molar-refractivity contribution in [3.05, 3.63) is 42.1 Å². The van der Waals surface area contributed by atoms with Gasteiger partial charge in [0.25, 0.3) is 0 Å². The first-order valence-corrected chi connectivity index (χ1v) is 8.60. The average molecular weight is 328 g/mol. The zero-order chi connectivity index (χ0) is 17.1. The number of nitrogens with two attached hydrogens (primary N) is 1. The number of aromatic nitrogens is 3. The predicted molar refractivity (Wildman–Crippen MR) is 96.3 cm³/mol. The fraction of sp³-hybridized carbons (Fsp3) is 0.556. The Labute approximate surface area is 144 Å². The Kier molecular flexibility index (Phi) is 5.16. The van der Waals surface area contributed by atoms with Crippen molar-refractivity contribution in [2.45, 2.75) is 25.4 Å². The molecule has 2 N–H and O–H groups in total. The highest BCUT2D eigenvalue weighted by atomic mass is 15.2. The number of pyridine rings is 1. The van der Waals surface area contributed by atoms with Crippen molar-refractivity contribution >= 4 is 5.82 Å². The Hall–Kier alpha value is -1.92. The number of anilines is 1. The minimum atomic E-state index is 0.427. The minimum absolute atomic E-state index is 0.427. The van der Waals surface area contributed by atoms with E-state index in [-0.39, 0.29) is 0 Å². The summed E-state index contributed by atoms with van der Waals surface area (Å²) in [6.45, 7) is 3.10. The fourth-order valence-electron chi connectivity index (χ4n) is 3.94. The molecule has 130 valence electrons. The van der Waals surface area contributed by atoms with Gasteiger partial charge in [0.15, 0.2) is 0 Å². The third kappa shape index (κ3) is 3.76. The van der Waals surface area contributed by atoms with Crippen LogP contribution in [-0.2, 0) is 13.6 Å². The van der Waals surface area contributed by atoms with Gasteiger partial charge in [-0.1, -0.05) is 0 Å². The maximum atomic E-state index is 5.79. The van der Waals surface area contributed by atoms with Crippen LogP contribution in [0.4, 0.5) is 5.82 Å². The van der Waals surface area contributed by atoms with Gasteiger partial charge in [0, 0.05) is 32.5 Å². The van der Waals surface area contributed by atoms with Crippen LogP contribution in [0.3, 0.4) is 0 Å². The van der Waals surface area contributed by atoms with Crippen molar-refractivity contribution in [3.63, 3.8) is 0 Å². The maximum Gasteiger partial charge on any atom is 0.123 e. The van der Waals surface area contributed by atoms with Gasteiger partial charge in [0.2, 0.25) is 0 Å². The third-order valence-corrected chi connectivity index (χ3v) is 5.01. The van der Waals surface area contributed by atoms with Gasteiger partial charge in [-0.3, -0.25) is 4.90 Å². The number of imidazole rings is 1. The van der Waals surface area contributed by atoms with Gasteiger partial charge in [-0.25, -0.2) is 9.97 Å². The van der Waals surface area contributed by atoms with E-state index in [1.165, 1.54) is 24.1 Å². The number of nitrogens with zero attached hydrogens (tertiary/aromatic N) is 5. The summed E-state index contributed by atoms with van der Waals surface area (Å²) in [5, 5.41) is 0. The molecule has 0 amide bonds. The van der Waals surface area contributed by atoms with Crippen LogP contribution in [0.25, 0.3) is 0 Å². The molecule has 3 heterocycles. The fourth-order valence-corrected chi connectivity index (χ4v) is 3.94. The van der Waals surface area contributed by atoms with E-state index in [1.807, 2.05) is 24.7 Å². The number of piperidine rings is 1. The highest BCUT2D eigenvalue weighted by Gasteiger charge is 2.32. The highest BCUT2D eigenvalue weighted by Crippen LogP contribution is 2.35. The standard InChI is InChI=1S/C18H28N6/c1-22(11-14-6-7-21-17(19)9-14)12-15-5-4-8-23(2)18(15)16-10-20-13-24(16)3/h6-7,9-10,13,15,18H,4-5,8,11-12H2,1-3H3,(H2,19,21)/t15-,18+/m0/s1. The number of rotatable bonds is 5. The molecule has 0 spiro atoms. The molecule has 1 fully saturated rings. The van der Waals surface area contributed by atoms with Crippen molar-refractivity contribution in [1.29, 1.82) is 0 Å². The molecule has 0 radical (unpaired) electrons. The molecule has 3 rings (SSSR count). The molecular formula is C18H28N6. The van der Waals surface area contributed by atoms with Crippen LogP contribution < -0.4 is 5.73 Å². The number of aryl methyl sites for hydroxylation is 1. The second kappa shape index (κ2) is 7.32. The molecule has 2 aromatic heterocycles. The summed E-state index contributed by atoms with van der Waals surface area (Å²) < 4.78 is 2.16. The van der Waals surface area contributed by atoms with Crippen molar-refractivity contribution in [1.82, 2.24) is 24.3 Å². The van der Waals surface area contributed by atoms with Crippen LogP contribution in [-0.4, -0.2) is 51.5 Å². The number of likely N-dealkylation sites (tertiary alicyclic amines) is 1. The Morgan fingerprint density at radius 3 is 2.92 bits per heavy atom. The first-order chi connectivity index (χ1) is 11.5. The lowest BCUT2D eigenvalue weighted by molar-refractivity contribution is 0.0880. The molecule has 6 heteroatoms. The third-order valence-electron chi connectivity index (χ3n) is 5.01. The molecule has 2 atom stereocenters. The first kappa shape index (κ1) is 16.9. The average Bonchev–Trinajstić information content (AvgIpc) is 2.93. The molecule has 2 aromatic rings. The Morgan fingerprint density at radius 2 is 2.21 bits per heavy atom. The van der Waals surface area contributed by atoms with Crippen molar-refractivity contribution in [3.8, 4) is 0 Å². The molecule has 1 aliphatic rings. The van der Waals surface area contributed by atoms with Crippen LogP contribution in [0, 0.1) is 5.92 Å². The van der Waals surface area contributed by atoms with Crippen LogP contribution in [0.15, 0.2) is 30.9 Å². The molecule has 1 aliphatic heterocycles. The first-order valence-electron chi connectivity index (χ1n) is 8.60. The normalized spacial score (nSPS) is 22.2. The maximum absolute atomic E-state index is 5.79. The van der Waals surface area contributed by atoms with Gasteiger partial charge < -0.3 is 15.2 Å². The highest BCUT2D eigenvalue weighted by molar-refractivity contribution is 5.31. The Morgan fingerprint density at radius 1 is 1.38 bits per heavy atom. The molecule has 6 nitrogen and oxygen atoms in total. The van der Waals surface area contributed by atoms with Gasteiger partial charge in [-0.2, -0.15) is 0 Å². The van der Waals surface area contributed by atoms with Gasteiger partial charge in [0.05, 0.1) is 18.1 Å². The molecular weight excluding hydrogens is 300 g/mol. The van der Waals surface area contributed by atoms with E-state index in [2.05, 4.69) is 45.5 Å². The summed E-state index contributed by atoms with van der Waals surface area (Å²) in [7, 11) is 6.50. The molecule has 0 unspecified atom stereocenters. The zero-order valence-electron chi connectivity index (χ0n) is 14.9. The summed E-state index contributed by atoms with van der Waals surface area (Å²) in [4.78, 5) is 13.3. The van der Waals surface area contributed by atoms with Gasteiger partial charge in [-0.05, 0) is 57.1 Å². The molecule has 0 saturated carbocycles. The molecule has 0 bridgehead atoms. The molecule has 1 saturated heterocycles. The largest absolute Gasteiger partial charge is 0.384 e. The van der Waals surface area contributed by atoms with Crippen LogP contribution in [0.2, 0.25) is 0 Å². The minimum Gasteiger partial charge on any atom is -0.384 e. The van der Waals surface area contributed by atoms with Gasteiger partial charge >= 0.3 is 0 Å². The van der Waals surface area contributed by atoms with E-state index in [0.717, 1.165) is 19.6 Å². The zero-order valence-corrected chi connectivity index (χ0v) is 14.9. The van der Waals surface area contributed by atoms with E-state index in [1.54, 1.807) is 6.20 Å². The second-order valence-electron chi connectivity index (χ2n) is 7.04. The van der Waals surface area contributed by atoms with E-state index in [9.17, 15) is 0 Å². The summed E-state index contributed by atoms with van der Waals surface area (Å²) in [6.07, 6.45) is 8.21. The predicted octanol–water partition coefficient (Wildman–Crippen LogP) is 1.91. The lowest BCUT2D eigenvalue weighted by Crippen LogP contribution is -2.41. The quantitative estimate of drug-likeness (QED) is 0.908.